The van der Waals surface area contributed by atoms with E-state index in [9.17, 15) is 4.79 Å². The molecule has 0 heterocycles. The topological polar surface area (TPSA) is 38.3 Å². The smallest absolute Gasteiger partial charge is 0.310 e. The van der Waals surface area contributed by atoms with Crippen molar-refractivity contribution in [3.05, 3.63) is 29.8 Å². The molecule has 1 aromatic carbocycles. The summed E-state index contributed by atoms with van der Waals surface area (Å²) in [6.07, 6.45) is 0.218. The molecule has 0 aromatic heterocycles. The van der Waals surface area contributed by atoms with Crippen LogP contribution in [0.1, 0.15) is 5.56 Å². The number of hydrogen-bond acceptors (Lipinski definition) is 3. The van der Waals surface area contributed by atoms with Crippen molar-refractivity contribution in [1.82, 2.24) is 0 Å². The number of anilines is 1. The number of thiol groups is 1. The third-order valence-corrected chi connectivity index (χ3v) is 2.04. The Morgan fingerprint density at radius 1 is 1.53 bits per heavy atom. The van der Waals surface area contributed by atoms with Crippen LogP contribution in [-0.2, 0) is 16.0 Å². The molecule has 1 rings (SSSR count). The first-order chi connectivity index (χ1) is 7.13. The summed E-state index contributed by atoms with van der Waals surface area (Å²) in [5.74, 6) is -0.283. The summed E-state index contributed by atoms with van der Waals surface area (Å²) in [5.41, 5.74) is 1.61. The highest BCUT2D eigenvalue weighted by Gasteiger charge is 2.07. The number of carbonyl (C=O) groups excluding carboxylic acids is 1. The van der Waals surface area contributed by atoms with Crippen molar-refractivity contribution in [2.24, 2.45) is 0 Å². The van der Waals surface area contributed by atoms with Crippen molar-refractivity contribution in [3.8, 4) is 0 Å². The summed E-state index contributed by atoms with van der Waals surface area (Å²) in [6.45, 7) is 0. The molecule has 0 unspecified atom stereocenters. The van der Waals surface area contributed by atoms with Crippen LogP contribution in [0.2, 0.25) is 0 Å². The number of nitrogens with one attached hydrogen (secondary N) is 1. The summed E-state index contributed by atoms with van der Waals surface area (Å²) in [4.78, 5) is 11.1. The summed E-state index contributed by atoms with van der Waals surface area (Å²) in [6, 6.07) is 7.38. The molecule has 0 saturated heterocycles. The molecule has 0 aliphatic rings. The Bertz CT molecular complexity index is 379. The number of methoxy groups -OCH3 is 1. The Morgan fingerprint density at radius 3 is 2.80 bits per heavy atom. The van der Waals surface area contributed by atoms with Crippen molar-refractivity contribution in [1.29, 1.82) is 0 Å². The van der Waals surface area contributed by atoms with E-state index in [1.165, 1.54) is 7.11 Å². The molecule has 80 valence electrons. The summed E-state index contributed by atoms with van der Waals surface area (Å²) in [5, 5.41) is 2.89. The van der Waals surface area contributed by atoms with E-state index in [0.29, 0.717) is 4.32 Å². The minimum atomic E-state index is -0.283. The van der Waals surface area contributed by atoms with Crippen LogP contribution >= 0.6 is 24.8 Å². The fourth-order valence-corrected chi connectivity index (χ4v) is 1.37. The van der Waals surface area contributed by atoms with Crippen molar-refractivity contribution in [2.45, 2.75) is 6.42 Å². The largest absolute Gasteiger partial charge is 0.469 e. The number of para-hydroxylation sites is 1. The predicted molar refractivity (Wildman–Crippen MR) is 67.4 cm³/mol. The second kappa shape index (κ2) is 5.72. The quantitative estimate of drug-likeness (QED) is 0.482. The van der Waals surface area contributed by atoms with Gasteiger partial charge in [-0.05, 0) is 11.6 Å². The minimum Gasteiger partial charge on any atom is -0.469 e. The van der Waals surface area contributed by atoms with Crippen LogP contribution in [0.25, 0.3) is 0 Å². The molecule has 1 aromatic rings. The first kappa shape index (κ1) is 12.0. The number of thiocarbonyl (C=S) groups is 1. The molecular formula is C10H11NO2S2. The van der Waals surface area contributed by atoms with Crippen molar-refractivity contribution >= 4 is 40.8 Å². The van der Waals surface area contributed by atoms with Crippen molar-refractivity contribution in [2.75, 3.05) is 12.4 Å². The van der Waals surface area contributed by atoms with E-state index in [0.717, 1.165) is 11.3 Å². The molecular weight excluding hydrogens is 230 g/mol. The SMILES string of the molecule is COC(=O)Cc1ccccc1NC(=S)S. The molecule has 0 spiro atoms. The van der Waals surface area contributed by atoms with Gasteiger partial charge in [-0.3, -0.25) is 4.79 Å². The second-order valence-corrected chi connectivity index (χ2v) is 4.00. The van der Waals surface area contributed by atoms with Crippen molar-refractivity contribution in [3.63, 3.8) is 0 Å². The molecule has 15 heavy (non-hydrogen) atoms. The number of esters is 1. The average Bonchev–Trinajstić information content (AvgIpc) is 2.20. The van der Waals surface area contributed by atoms with E-state index in [1.54, 1.807) is 0 Å². The van der Waals surface area contributed by atoms with E-state index >= 15 is 0 Å². The van der Waals surface area contributed by atoms with Gasteiger partial charge in [-0.25, -0.2) is 0 Å². The molecule has 0 radical (unpaired) electrons. The lowest BCUT2D eigenvalue weighted by Crippen LogP contribution is -2.09. The second-order valence-electron chi connectivity index (χ2n) is 2.84. The van der Waals surface area contributed by atoms with Gasteiger partial charge in [-0.15, -0.1) is 12.6 Å². The highest BCUT2D eigenvalue weighted by atomic mass is 32.1. The molecule has 0 aliphatic heterocycles. The number of rotatable bonds is 3. The lowest BCUT2D eigenvalue weighted by Gasteiger charge is -2.09. The molecule has 0 amide bonds. The molecule has 0 fully saturated rings. The Labute approximate surface area is 99.2 Å². The van der Waals surface area contributed by atoms with Crippen molar-refractivity contribution < 1.29 is 9.53 Å². The van der Waals surface area contributed by atoms with Gasteiger partial charge in [0.2, 0.25) is 0 Å². The monoisotopic (exact) mass is 241 g/mol. The Balaban J connectivity index is 2.85. The summed E-state index contributed by atoms with van der Waals surface area (Å²) in [7, 11) is 1.36. The van der Waals surface area contributed by atoms with Crippen LogP contribution < -0.4 is 5.32 Å². The van der Waals surface area contributed by atoms with Crippen LogP contribution in [0.3, 0.4) is 0 Å². The lowest BCUT2D eigenvalue weighted by atomic mass is 10.1. The van der Waals surface area contributed by atoms with Gasteiger partial charge in [0.15, 0.2) is 0 Å². The third kappa shape index (κ3) is 3.89. The molecule has 1 N–H and O–H groups in total. The zero-order valence-corrected chi connectivity index (χ0v) is 9.90. The Kier molecular flexibility index (Phi) is 4.58. The van der Waals surface area contributed by atoms with E-state index in [-0.39, 0.29) is 12.4 Å². The Morgan fingerprint density at radius 2 is 2.20 bits per heavy atom. The standard InChI is InChI=1S/C10H11NO2S2/c1-13-9(12)6-7-4-2-3-5-8(7)11-10(14)15/h2-5H,6H2,1H3,(H2,11,14,15). The van der Waals surface area contributed by atoms with Gasteiger partial charge in [-0.1, -0.05) is 30.4 Å². The van der Waals surface area contributed by atoms with E-state index in [2.05, 4.69) is 22.7 Å². The zero-order valence-electron chi connectivity index (χ0n) is 8.19. The normalized spacial score (nSPS) is 9.47. The molecule has 5 heteroatoms. The first-order valence-electron chi connectivity index (χ1n) is 4.28. The highest BCUT2D eigenvalue weighted by Crippen LogP contribution is 2.16. The Hall–Kier alpha value is -1.07. The summed E-state index contributed by atoms with van der Waals surface area (Å²) < 4.78 is 4.96. The number of ether oxygens (including phenoxy) is 1. The van der Waals surface area contributed by atoms with Gasteiger partial charge < -0.3 is 10.1 Å². The van der Waals surface area contributed by atoms with E-state index in [1.807, 2.05) is 24.3 Å². The van der Waals surface area contributed by atoms with E-state index in [4.69, 9.17) is 12.2 Å². The van der Waals surface area contributed by atoms with Crippen LogP contribution in [0, 0.1) is 0 Å². The van der Waals surface area contributed by atoms with Crippen LogP contribution in [0.15, 0.2) is 24.3 Å². The maximum absolute atomic E-state index is 11.1. The average molecular weight is 241 g/mol. The fourth-order valence-electron chi connectivity index (χ4n) is 1.14. The van der Waals surface area contributed by atoms with Crippen LogP contribution in [0.4, 0.5) is 5.69 Å². The number of benzene rings is 1. The van der Waals surface area contributed by atoms with E-state index < -0.39 is 0 Å². The van der Waals surface area contributed by atoms with Gasteiger partial charge >= 0.3 is 5.97 Å². The maximum atomic E-state index is 11.1. The number of hydrogen-bond donors (Lipinski definition) is 2. The fraction of sp³-hybridized carbons (Fsp3) is 0.200. The lowest BCUT2D eigenvalue weighted by molar-refractivity contribution is -0.139. The van der Waals surface area contributed by atoms with Gasteiger partial charge in [0.05, 0.1) is 13.5 Å². The van der Waals surface area contributed by atoms with Gasteiger partial charge in [0.1, 0.15) is 4.32 Å². The predicted octanol–water partition coefficient (Wildman–Crippen LogP) is 2.03. The zero-order chi connectivity index (χ0) is 11.3. The molecule has 3 nitrogen and oxygen atoms in total. The molecule has 0 saturated carbocycles. The highest BCUT2D eigenvalue weighted by molar-refractivity contribution is 8.11. The minimum absolute atomic E-state index is 0.218. The third-order valence-electron chi connectivity index (χ3n) is 1.82. The van der Waals surface area contributed by atoms with Gasteiger partial charge in [0, 0.05) is 5.69 Å². The molecule has 0 bridgehead atoms. The molecule has 0 aliphatic carbocycles. The summed E-state index contributed by atoms with van der Waals surface area (Å²) >= 11 is 8.79. The van der Waals surface area contributed by atoms with Gasteiger partial charge in [0.25, 0.3) is 0 Å². The van der Waals surface area contributed by atoms with Crippen LogP contribution in [-0.4, -0.2) is 17.4 Å². The van der Waals surface area contributed by atoms with Crippen LogP contribution in [0.5, 0.6) is 0 Å². The number of carbonyl (C=O) groups is 1. The maximum Gasteiger partial charge on any atom is 0.310 e. The first-order valence-corrected chi connectivity index (χ1v) is 5.13. The molecule has 0 atom stereocenters. The van der Waals surface area contributed by atoms with Gasteiger partial charge in [-0.2, -0.15) is 0 Å².